The molecule has 0 aliphatic carbocycles. The van der Waals surface area contributed by atoms with Gasteiger partial charge in [0, 0.05) is 18.7 Å². The van der Waals surface area contributed by atoms with Crippen molar-refractivity contribution in [3.8, 4) is 17.2 Å². The van der Waals surface area contributed by atoms with E-state index in [4.69, 9.17) is 14.2 Å². The van der Waals surface area contributed by atoms with Crippen LogP contribution in [0.4, 0.5) is 4.39 Å². The Bertz CT molecular complexity index is 809. The lowest BCUT2D eigenvalue weighted by Gasteiger charge is -2.16. The number of nitrogens with one attached hydrogen (secondary N) is 1. The van der Waals surface area contributed by atoms with Crippen LogP contribution in [0.5, 0.6) is 17.2 Å². The van der Waals surface area contributed by atoms with Crippen molar-refractivity contribution in [2.24, 2.45) is 0 Å². The van der Waals surface area contributed by atoms with E-state index in [-0.39, 0.29) is 18.3 Å². The molecule has 0 atom stereocenters. The summed E-state index contributed by atoms with van der Waals surface area (Å²) in [6.07, 6.45) is 0. The maximum Gasteiger partial charge on any atom is 0.255 e. The van der Waals surface area contributed by atoms with Crippen molar-refractivity contribution in [3.05, 3.63) is 52.8 Å². The van der Waals surface area contributed by atoms with Crippen molar-refractivity contribution >= 4 is 5.91 Å². The van der Waals surface area contributed by atoms with Crippen LogP contribution in [0.25, 0.3) is 0 Å². The molecular formula is C20H25FN2O4. The largest absolute Gasteiger partial charge is 0.493 e. The van der Waals surface area contributed by atoms with Gasteiger partial charge < -0.3 is 24.4 Å². The van der Waals surface area contributed by atoms with E-state index >= 15 is 0 Å². The van der Waals surface area contributed by atoms with Crippen LogP contribution < -0.4 is 19.5 Å². The SMILES string of the molecule is COc1ccc(C(=O)NCc2ccc(F)c(CN(C)C)c2)c(OC)c1OC. The van der Waals surface area contributed by atoms with Gasteiger partial charge >= 0.3 is 0 Å². The summed E-state index contributed by atoms with van der Waals surface area (Å²) >= 11 is 0. The normalized spacial score (nSPS) is 10.6. The predicted octanol–water partition coefficient (Wildman–Crippen LogP) is 2.84. The van der Waals surface area contributed by atoms with Crippen LogP contribution in [0, 0.1) is 5.82 Å². The van der Waals surface area contributed by atoms with Gasteiger partial charge in [0.05, 0.1) is 26.9 Å². The fraction of sp³-hybridized carbons (Fsp3) is 0.350. The lowest BCUT2D eigenvalue weighted by atomic mass is 10.1. The molecule has 0 spiro atoms. The van der Waals surface area contributed by atoms with E-state index in [0.717, 1.165) is 5.56 Å². The van der Waals surface area contributed by atoms with Crippen LogP contribution in [0.1, 0.15) is 21.5 Å². The predicted molar refractivity (Wildman–Crippen MR) is 101 cm³/mol. The molecular weight excluding hydrogens is 351 g/mol. The number of carbonyl (C=O) groups excluding carboxylic acids is 1. The maximum absolute atomic E-state index is 13.9. The number of hydrogen-bond acceptors (Lipinski definition) is 5. The van der Waals surface area contributed by atoms with E-state index in [1.165, 1.54) is 27.4 Å². The highest BCUT2D eigenvalue weighted by atomic mass is 19.1. The first-order valence-electron chi connectivity index (χ1n) is 8.40. The van der Waals surface area contributed by atoms with Gasteiger partial charge in [0.25, 0.3) is 5.91 Å². The van der Waals surface area contributed by atoms with Gasteiger partial charge in [0.1, 0.15) is 5.82 Å². The van der Waals surface area contributed by atoms with Gasteiger partial charge in [0.2, 0.25) is 5.75 Å². The van der Waals surface area contributed by atoms with Gasteiger partial charge in [-0.05, 0) is 43.9 Å². The quantitative estimate of drug-likeness (QED) is 0.768. The molecule has 0 aliphatic heterocycles. The number of amides is 1. The maximum atomic E-state index is 13.9. The van der Waals surface area contributed by atoms with Crippen LogP contribution >= 0.6 is 0 Å². The highest BCUT2D eigenvalue weighted by Gasteiger charge is 2.20. The van der Waals surface area contributed by atoms with Crippen molar-refractivity contribution in [1.82, 2.24) is 10.2 Å². The van der Waals surface area contributed by atoms with E-state index in [9.17, 15) is 9.18 Å². The molecule has 2 aromatic carbocycles. The Morgan fingerprint density at radius 2 is 1.74 bits per heavy atom. The van der Waals surface area contributed by atoms with E-state index in [1.807, 2.05) is 19.0 Å². The van der Waals surface area contributed by atoms with Crippen molar-refractivity contribution in [1.29, 1.82) is 0 Å². The zero-order valence-corrected chi connectivity index (χ0v) is 16.3. The fourth-order valence-corrected chi connectivity index (χ4v) is 2.76. The van der Waals surface area contributed by atoms with Crippen LogP contribution in [-0.2, 0) is 13.1 Å². The van der Waals surface area contributed by atoms with E-state index in [2.05, 4.69) is 5.32 Å². The van der Waals surface area contributed by atoms with Crippen LogP contribution in [0.15, 0.2) is 30.3 Å². The van der Waals surface area contributed by atoms with Gasteiger partial charge in [-0.15, -0.1) is 0 Å². The number of benzene rings is 2. The molecule has 0 bridgehead atoms. The third-order valence-corrected chi connectivity index (χ3v) is 4.00. The first-order chi connectivity index (χ1) is 12.9. The smallest absolute Gasteiger partial charge is 0.255 e. The Kier molecular flexibility index (Phi) is 7.01. The molecule has 27 heavy (non-hydrogen) atoms. The molecule has 0 aliphatic rings. The van der Waals surface area contributed by atoms with Crippen LogP contribution in [-0.4, -0.2) is 46.2 Å². The monoisotopic (exact) mass is 376 g/mol. The minimum absolute atomic E-state index is 0.261. The summed E-state index contributed by atoms with van der Waals surface area (Å²) in [6, 6.07) is 8.07. The Labute approximate surface area is 158 Å². The third-order valence-electron chi connectivity index (χ3n) is 4.00. The van der Waals surface area contributed by atoms with Crippen molar-refractivity contribution in [2.75, 3.05) is 35.4 Å². The summed E-state index contributed by atoms with van der Waals surface area (Å²) in [5.74, 6) is 0.522. The zero-order valence-electron chi connectivity index (χ0n) is 16.3. The standard InChI is InChI=1S/C20H25FN2O4/c1-23(2)12-14-10-13(6-8-16(14)21)11-22-20(24)15-7-9-17(25-3)19(27-5)18(15)26-4/h6-10H,11-12H2,1-5H3,(H,22,24). The molecule has 6 nitrogen and oxygen atoms in total. The van der Waals surface area contributed by atoms with Gasteiger partial charge in [-0.2, -0.15) is 0 Å². The Morgan fingerprint density at radius 1 is 1.04 bits per heavy atom. The summed E-state index contributed by atoms with van der Waals surface area (Å²) in [5, 5.41) is 2.83. The Balaban J connectivity index is 2.19. The highest BCUT2D eigenvalue weighted by molar-refractivity contribution is 5.98. The van der Waals surface area contributed by atoms with Crippen molar-refractivity contribution < 1.29 is 23.4 Å². The minimum atomic E-state index is -0.328. The summed E-state index contributed by atoms with van der Waals surface area (Å²) in [5.41, 5.74) is 1.71. The first-order valence-corrected chi connectivity index (χ1v) is 8.40. The number of ether oxygens (including phenoxy) is 3. The number of rotatable bonds is 8. The summed E-state index contributed by atoms with van der Waals surface area (Å²) < 4.78 is 29.8. The number of nitrogens with zero attached hydrogens (tertiary/aromatic N) is 1. The van der Waals surface area contributed by atoms with Crippen molar-refractivity contribution in [2.45, 2.75) is 13.1 Å². The van der Waals surface area contributed by atoms with E-state index < -0.39 is 0 Å². The molecule has 7 heteroatoms. The molecule has 1 amide bonds. The van der Waals surface area contributed by atoms with Gasteiger partial charge in [-0.1, -0.05) is 6.07 Å². The zero-order chi connectivity index (χ0) is 20.0. The number of halogens is 1. The average Bonchev–Trinajstić information content (AvgIpc) is 2.66. The molecule has 0 aromatic heterocycles. The molecule has 0 heterocycles. The Hall–Kier alpha value is -2.80. The highest BCUT2D eigenvalue weighted by Crippen LogP contribution is 2.39. The summed E-state index contributed by atoms with van der Waals surface area (Å²) in [6.45, 7) is 0.744. The summed E-state index contributed by atoms with van der Waals surface area (Å²) in [4.78, 5) is 14.5. The molecule has 0 radical (unpaired) electrons. The van der Waals surface area contributed by atoms with Gasteiger partial charge in [0.15, 0.2) is 11.5 Å². The average molecular weight is 376 g/mol. The van der Waals surface area contributed by atoms with Crippen molar-refractivity contribution in [3.63, 3.8) is 0 Å². The number of carbonyl (C=O) groups is 1. The lowest BCUT2D eigenvalue weighted by molar-refractivity contribution is 0.0947. The molecule has 0 fully saturated rings. The minimum Gasteiger partial charge on any atom is -0.493 e. The van der Waals surface area contributed by atoms with Crippen LogP contribution in [0.3, 0.4) is 0 Å². The topological polar surface area (TPSA) is 60.0 Å². The molecule has 0 saturated heterocycles. The number of hydrogen-bond donors (Lipinski definition) is 1. The number of methoxy groups -OCH3 is 3. The molecule has 146 valence electrons. The second-order valence-corrected chi connectivity index (χ2v) is 6.23. The second kappa shape index (κ2) is 9.23. The van der Waals surface area contributed by atoms with Crippen LogP contribution in [0.2, 0.25) is 0 Å². The third kappa shape index (κ3) is 4.89. The second-order valence-electron chi connectivity index (χ2n) is 6.23. The van der Waals surface area contributed by atoms with E-state index in [0.29, 0.717) is 34.9 Å². The lowest BCUT2D eigenvalue weighted by Crippen LogP contribution is -2.24. The molecule has 0 saturated carbocycles. The fourth-order valence-electron chi connectivity index (χ4n) is 2.76. The molecule has 2 aromatic rings. The molecule has 2 rings (SSSR count). The summed E-state index contributed by atoms with van der Waals surface area (Å²) in [7, 11) is 8.19. The van der Waals surface area contributed by atoms with Gasteiger partial charge in [-0.3, -0.25) is 4.79 Å². The molecule has 1 N–H and O–H groups in total. The molecule has 0 unspecified atom stereocenters. The van der Waals surface area contributed by atoms with E-state index in [1.54, 1.807) is 24.3 Å². The Morgan fingerprint density at radius 3 is 2.33 bits per heavy atom. The first kappa shape index (κ1) is 20.5. The van der Waals surface area contributed by atoms with Gasteiger partial charge in [-0.25, -0.2) is 4.39 Å².